The lowest BCUT2D eigenvalue weighted by atomic mass is 10.1. The summed E-state index contributed by atoms with van der Waals surface area (Å²) in [5.41, 5.74) is 0.0000193. The second-order valence-electron chi connectivity index (χ2n) is 5.12. The van der Waals surface area contributed by atoms with Crippen molar-refractivity contribution >= 4 is 28.3 Å². The Morgan fingerprint density at radius 3 is 2.56 bits per heavy atom. The number of amides is 1. The molecule has 5 nitrogen and oxygen atoms in total. The van der Waals surface area contributed by atoms with Gasteiger partial charge in [-0.05, 0) is 30.3 Å². The molecule has 0 aliphatic rings. The van der Waals surface area contributed by atoms with Gasteiger partial charge < -0.3 is 15.0 Å². The number of ether oxygens (including phenoxy) is 1. The van der Waals surface area contributed by atoms with E-state index >= 15 is 0 Å². The van der Waals surface area contributed by atoms with Crippen molar-refractivity contribution in [2.45, 2.75) is 0 Å². The number of fused-ring (bicyclic) bond motifs is 1. The standard InChI is InChI=1S/C17H11F3N2O3/c1-25-8-2-4-12-9(6-8)10(7-21-12)16(23)17(24)22-13-5-3-11(18)14(19)15(13)20/h2-7,21H,1H3,(H,22,24). The summed E-state index contributed by atoms with van der Waals surface area (Å²) in [7, 11) is 1.45. The summed E-state index contributed by atoms with van der Waals surface area (Å²) in [6.45, 7) is 0. The Morgan fingerprint density at radius 2 is 1.84 bits per heavy atom. The van der Waals surface area contributed by atoms with Crippen molar-refractivity contribution in [3.63, 3.8) is 0 Å². The lowest BCUT2D eigenvalue weighted by Crippen LogP contribution is -2.23. The number of carbonyl (C=O) groups excluding carboxylic acids is 2. The van der Waals surface area contributed by atoms with Crippen LogP contribution < -0.4 is 10.1 Å². The number of nitrogens with one attached hydrogen (secondary N) is 2. The van der Waals surface area contributed by atoms with Crippen LogP contribution in [-0.2, 0) is 4.79 Å². The molecule has 3 rings (SSSR count). The fourth-order valence-corrected chi connectivity index (χ4v) is 2.34. The van der Waals surface area contributed by atoms with Crippen LogP contribution in [0.4, 0.5) is 18.9 Å². The molecule has 0 radical (unpaired) electrons. The molecule has 0 bridgehead atoms. The maximum absolute atomic E-state index is 13.6. The van der Waals surface area contributed by atoms with Crippen molar-refractivity contribution in [2.24, 2.45) is 0 Å². The zero-order valence-electron chi connectivity index (χ0n) is 12.8. The van der Waals surface area contributed by atoms with Gasteiger partial charge in [0.15, 0.2) is 17.5 Å². The summed E-state index contributed by atoms with van der Waals surface area (Å²) in [5, 5.41) is 2.38. The number of H-pyrrole nitrogens is 1. The van der Waals surface area contributed by atoms with Crippen molar-refractivity contribution in [2.75, 3.05) is 12.4 Å². The number of anilines is 1. The third kappa shape index (κ3) is 2.93. The zero-order valence-corrected chi connectivity index (χ0v) is 12.8. The van der Waals surface area contributed by atoms with Gasteiger partial charge in [0, 0.05) is 17.1 Å². The summed E-state index contributed by atoms with van der Waals surface area (Å²) in [4.78, 5) is 27.2. The Hall–Kier alpha value is -3.29. The fraction of sp³-hybridized carbons (Fsp3) is 0.0588. The number of benzene rings is 2. The molecule has 0 atom stereocenters. The minimum atomic E-state index is -1.73. The van der Waals surface area contributed by atoms with Crippen molar-refractivity contribution in [3.05, 3.63) is 59.5 Å². The van der Waals surface area contributed by atoms with Crippen LogP contribution in [0, 0.1) is 17.5 Å². The van der Waals surface area contributed by atoms with E-state index in [2.05, 4.69) is 4.98 Å². The summed E-state index contributed by atoms with van der Waals surface area (Å²) in [6, 6.07) is 6.37. The monoisotopic (exact) mass is 348 g/mol. The molecule has 0 aliphatic carbocycles. The second-order valence-corrected chi connectivity index (χ2v) is 5.12. The number of aromatic amines is 1. The van der Waals surface area contributed by atoms with Gasteiger partial charge in [-0.25, -0.2) is 13.2 Å². The van der Waals surface area contributed by atoms with E-state index in [1.165, 1.54) is 13.3 Å². The largest absolute Gasteiger partial charge is 0.497 e. The summed E-state index contributed by atoms with van der Waals surface area (Å²) in [5.74, 6) is -6.39. The van der Waals surface area contributed by atoms with Crippen LogP contribution >= 0.6 is 0 Å². The molecular formula is C17H11F3N2O3. The molecule has 2 N–H and O–H groups in total. The lowest BCUT2D eigenvalue weighted by Gasteiger charge is -2.06. The van der Waals surface area contributed by atoms with E-state index in [1.807, 2.05) is 5.32 Å². The van der Waals surface area contributed by atoms with Gasteiger partial charge in [0.1, 0.15) is 5.75 Å². The molecule has 128 valence electrons. The minimum Gasteiger partial charge on any atom is -0.497 e. The van der Waals surface area contributed by atoms with E-state index in [0.29, 0.717) is 22.7 Å². The number of hydrogen-bond acceptors (Lipinski definition) is 3. The molecule has 0 spiro atoms. The first kappa shape index (κ1) is 16.6. The Labute approximate surface area is 139 Å². The molecule has 0 saturated heterocycles. The second kappa shape index (κ2) is 6.31. The number of hydrogen-bond donors (Lipinski definition) is 2. The molecule has 8 heteroatoms. The topological polar surface area (TPSA) is 71.2 Å². The number of methoxy groups -OCH3 is 1. The first-order valence-corrected chi connectivity index (χ1v) is 7.06. The predicted molar refractivity (Wildman–Crippen MR) is 84.1 cm³/mol. The van der Waals surface area contributed by atoms with E-state index in [9.17, 15) is 22.8 Å². The average molecular weight is 348 g/mol. The Morgan fingerprint density at radius 1 is 1.08 bits per heavy atom. The van der Waals surface area contributed by atoms with Crippen molar-refractivity contribution in [1.29, 1.82) is 0 Å². The highest BCUT2D eigenvalue weighted by molar-refractivity contribution is 6.48. The zero-order chi connectivity index (χ0) is 18.1. The normalized spacial score (nSPS) is 10.7. The molecule has 1 heterocycles. The van der Waals surface area contributed by atoms with Gasteiger partial charge in [-0.1, -0.05) is 0 Å². The molecule has 25 heavy (non-hydrogen) atoms. The smallest absolute Gasteiger partial charge is 0.296 e. The van der Waals surface area contributed by atoms with Gasteiger partial charge in [-0.2, -0.15) is 0 Å². The molecule has 3 aromatic rings. The van der Waals surface area contributed by atoms with Gasteiger partial charge in [0.05, 0.1) is 18.4 Å². The minimum absolute atomic E-state index is 0.0365. The molecule has 0 unspecified atom stereocenters. The first-order valence-electron chi connectivity index (χ1n) is 7.06. The maximum Gasteiger partial charge on any atom is 0.296 e. The van der Waals surface area contributed by atoms with E-state index in [1.54, 1.807) is 18.2 Å². The molecule has 1 amide bonds. The third-order valence-corrected chi connectivity index (χ3v) is 3.62. The Kier molecular flexibility index (Phi) is 4.18. The number of rotatable bonds is 4. The molecule has 0 saturated carbocycles. The van der Waals surface area contributed by atoms with Crippen LogP contribution in [0.5, 0.6) is 5.75 Å². The van der Waals surface area contributed by atoms with Gasteiger partial charge in [0.25, 0.3) is 11.7 Å². The molecule has 0 fully saturated rings. The van der Waals surface area contributed by atoms with Gasteiger partial charge in [0.2, 0.25) is 0 Å². The van der Waals surface area contributed by atoms with E-state index in [-0.39, 0.29) is 5.56 Å². The quantitative estimate of drug-likeness (QED) is 0.431. The van der Waals surface area contributed by atoms with Gasteiger partial charge >= 0.3 is 0 Å². The third-order valence-electron chi connectivity index (χ3n) is 3.62. The van der Waals surface area contributed by atoms with E-state index in [0.717, 1.165) is 6.07 Å². The highest BCUT2D eigenvalue weighted by Crippen LogP contribution is 2.25. The molecular weight excluding hydrogens is 337 g/mol. The summed E-state index contributed by atoms with van der Waals surface area (Å²) in [6.07, 6.45) is 1.33. The maximum atomic E-state index is 13.6. The molecule has 0 aliphatic heterocycles. The van der Waals surface area contributed by atoms with Gasteiger partial charge in [-0.3, -0.25) is 9.59 Å². The number of halogens is 3. The van der Waals surface area contributed by atoms with Crippen LogP contribution in [0.15, 0.2) is 36.5 Å². The SMILES string of the molecule is COc1ccc2[nH]cc(C(=O)C(=O)Nc3ccc(F)c(F)c3F)c2c1. The summed E-state index contributed by atoms with van der Waals surface area (Å²) >= 11 is 0. The Balaban J connectivity index is 1.91. The predicted octanol–water partition coefficient (Wildman–Crippen LogP) is 3.42. The first-order chi connectivity index (χ1) is 11.9. The van der Waals surface area contributed by atoms with Crippen LogP contribution in [0.2, 0.25) is 0 Å². The summed E-state index contributed by atoms with van der Waals surface area (Å²) < 4.78 is 44.8. The number of ketones is 1. The van der Waals surface area contributed by atoms with Crippen LogP contribution in [0.1, 0.15) is 10.4 Å². The Bertz CT molecular complexity index is 998. The van der Waals surface area contributed by atoms with Crippen molar-refractivity contribution in [3.8, 4) is 5.75 Å². The van der Waals surface area contributed by atoms with Crippen molar-refractivity contribution in [1.82, 2.24) is 4.98 Å². The number of carbonyl (C=O) groups is 2. The molecule has 1 aromatic heterocycles. The lowest BCUT2D eigenvalue weighted by molar-refractivity contribution is -0.112. The highest BCUT2D eigenvalue weighted by Gasteiger charge is 2.23. The fourth-order valence-electron chi connectivity index (χ4n) is 2.34. The van der Waals surface area contributed by atoms with Crippen LogP contribution in [-0.4, -0.2) is 23.8 Å². The van der Waals surface area contributed by atoms with Gasteiger partial charge in [-0.15, -0.1) is 0 Å². The van der Waals surface area contributed by atoms with E-state index in [4.69, 9.17) is 4.74 Å². The average Bonchev–Trinajstić information content (AvgIpc) is 3.04. The highest BCUT2D eigenvalue weighted by atomic mass is 19.2. The number of aromatic nitrogens is 1. The number of Topliss-reactive ketones (excluding diaryl/α,β-unsaturated/α-hetero) is 1. The van der Waals surface area contributed by atoms with Crippen LogP contribution in [0.3, 0.4) is 0 Å². The van der Waals surface area contributed by atoms with Crippen LogP contribution in [0.25, 0.3) is 10.9 Å². The van der Waals surface area contributed by atoms with E-state index < -0.39 is 34.8 Å². The molecule has 2 aromatic carbocycles. The van der Waals surface area contributed by atoms with Crippen molar-refractivity contribution < 1.29 is 27.5 Å².